The Morgan fingerprint density at radius 3 is 2.35 bits per heavy atom. The van der Waals surface area contributed by atoms with Crippen LogP contribution in [0.3, 0.4) is 0 Å². The molecule has 4 heteroatoms. The molecule has 2 aromatic carbocycles. The molecule has 31 heavy (non-hydrogen) atoms. The molecule has 0 heterocycles. The van der Waals surface area contributed by atoms with Crippen LogP contribution in [0.1, 0.15) is 66.8 Å². The molecule has 0 spiro atoms. The van der Waals surface area contributed by atoms with E-state index >= 15 is 0 Å². The maximum atomic E-state index is 13.6. The predicted molar refractivity (Wildman–Crippen MR) is 126 cm³/mol. The second-order valence-electron chi connectivity index (χ2n) is 8.97. The molecule has 1 fully saturated rings. The molecule has 0 aromatic heterocycles. The third-order valence-corrected chi connectivity index (χ3v) is 6.54. The molecule has 0 unspecified atom stereocenters. The maximum Gasteiger partial charge on any atom is 0.243 e. The van der Waals surface area contributed by atoms with Gasteiger partial charge in [-0.15, -0.1) is 0 Å². The molecule has 2 amide bonds. The smallest absolute Gasteiger partial charge is 0.243 e. The number of hydrogen-bond acceptors (Lipinski definition) is 2. The number of amides is 2. The van der Waals surface area contributed by atoms with E-state index in [0.717, 1.165) is 40.7 Å². The number of aryl methyl sites for hydroxylation is 3. The van der Waals surface area contributed by atoms with Gasteiger partial charge in [-0.3, -0.25) is 9.59 Å². The molecule has 4 nitrogen and oxygen atoms in total. The van der Waals surface area contributed by atoms with E-state index in [1.165, 1.54) is 12.8 Å². The van der Waals surface area contributed by atoms with Gasteiger partial charge < -0.3 is 10.2 Å². The van der Waals surface area contributed by atoms with Crippen LogP contribution < -0.4 is 5.32 Å². The maximum absolute atomic E-state index is 13.6. The van der Waals surface area contributed by atoms with Gasteiger partial charge in [0.15, 0.2) is 0 Å². The highest BCUT2D eigenvalue weighted by Crippen LogP contribution is 2.21. The van der Waals surface area contributed by atoms with Crippen molar-refractivity contribution in [2.24, 2.45) is 0 Å². The highest BCUT2D eigenvalue weighted by molar-refractivity contribution is 5.88. The lowest BCUT2D eigenvalue weighted by Crippen LogP contribution is -2.51. The fourth-order valence-electron chi connectivity index (χ4n) is 4.51. The van der Waals surface area contributed by atoms with E-state index in [1.54, 1.807) is 4.90 Å². The number of rotatable bonds is 8. The van der Waals surface area contributed by atoms with Crippen LogP contribution in [-0.2, 0) is 22.6 Å². The van der Waals surface area contributed by atoms with Gasteiger partial charge in [0, 0.05) is 12.6 Å². The van der Waals surface area contributed by atoms with E-state index in [9.17, 15) is 9.59 Å². The molecule has 2 aromatic rings. The Morgan fingerprint density at radius 1 is 1.00 bits per heavy atom. The summed E-state index contributed by atoms with van der Waals surface area (Å²) in [7, 11) is 0. The van der Waals surface area contributed by atoms with Crippen LogP contribution in [0.25, 0.3) is 0 Å². The molecule has 1 aliphatic carbocycles. The second kappa shape index (κ2) is 10.6. The third kappa shape index (κ3) is 5.96. The molecule has 0 radical (unpaired) electrons. The number of benzene rings is 2. The highest BCUT2D eigenvalue weighted by Gasteiger charge is 2.31. The zero-order valence-electron chi connectivity index (χ0n) is 19.4. The Labute approximate surface area is 187 Å². The van der Waals surface area contributed by atoms with Crippen molar-refractivity contribution >= 4 is 11.8 Å². The summed E-state index contributed by atoms with van der Waals surface area (Å²) in [6.45, 7) is 8.59. The number of carbonyl (C=O) groups is 2. The van der Waals surface area contributed by atoms with E-state index in [0.29, 0.717) is 19.4 Å². The van der Waals surface area contributed by atoms with Crippen LogP contribution in [0.4, 0.5) is 0 Å². The first-order chi connectivity index (χ1) is 14.9. The lowest BCUT2D eigenvalue weighted by Gasteiger charge is -2.32. The van der Waals surface area contributed by atoms with Crippen molar-refractivity contribution in [3.8, 4) is 0 Å². The summed E-state index contributed by atoms with van der Waals surface area (Å²) in [5.74, 6) is -0.0114. The zero-order valence-corrected chi connectivity index (χ0v) is 19.4. The Bertz CT molecular complexity index is 915. The van der Waals surface area contributed by atoms with Gasteiger partial charge in [-0.25, -0.2) is 0 Å². The first kappa shape index (κ1) is 23.1. The number of carbonyl (C=O) groups excluding carboxylic acids is 2. The average Bonchev–Trinajstić information content (AvgIpc) is 3.25. The zero-order chi connectivity index (χ0) is 22.4. The van der Waals surface area contributed by atoms with Gasteiger partial charge in [0.05, 0.1) is 6.42 Å². The number of nitrogens with one attached hydrogen (secondary N) is 1. The van der Waals surface area contributed by atoms with Crippen LogP contribution in [0.5, 0.6) is 0 Å². The minimum Gasteiger partial charge on any atom is -0.352 e. The van der Waals surface area contributed by atoms with Crippen LogP contribution in [0.15, 0.2) is 42.5 Å². The molecular formula is C27H36N2O2. The molecule has 1 saturated carbocycles. The van der Waals surface area contributed by atoms with Crippen LogP contribution in [0, 0.1) is 20.8 Å². The summed E-state index contributed by atoms with van der Waals surface area (Å²) in [5, 5.41) is 3.22. The standard InChI is InChI=1S/C27H36N2O2/c1-5-25(27(31)28-24-12-8-9-13-24)29(18-22-11-7-6-10-20(22)3)26(30)17-23-16-19(2)14-15-21(23)4/h6-7,10-11,14-16,24-25H,5,8-9,12-13,17-18H2,1-4H3,(H,28,31)/t25-/m1/s1. The van der Waals surface area contributed by atoms with Crippen molar-refractivity contribution in [1.82, 2.24) is 10.2 Å². The molecule has 166 valence electrons. The number of hydrogen-bond donors (Lipinski definition) is 1. The average molecular weight is 421 g/mol. The van der Waals surface area contributed by atoms with E-state index in [4.69, 9.17) is 0 Å². The molecule has 0 saturated heterocycles. The summed E-state index contributed by atoms with van der Waals surface area (Å²) < 4.78 is 0. The lowest BCUT2D eigenvalue weighted by atomic mass is 10.0. The van der Waals surface area contributed by atoms with Crippen LogP contribution in [-0.4, -0.2) is 28.8 Å². The molecular weight excluding hydrogens is 384 g/mol. The Hall–Kier alpha value is -2.62. The molecule has 1 atom stereocenters. The summed E-state index contributed by atoms with van der Waals surface area (Å²) in [6.07, 6.45) is 5.32. The summed E-state index contributed by atoms with van der Waals surface area (Å²) in [5.41, 5.74) is 5.51. The van der Waals surface area contributed by atoms with Gasteiger partial charge in [0.25, 0.3) is 0 Å². The monoisotopic (exact) mass is 420 g/mol. The van der Waals surface area contributed by atoms with Gasteiger partial charge >= 0.3 is 0 Å². The second-order valence-corrected chi connectivity index (χ2v) is 8.97. The fraction of sp³-hybridized carbons (Fsp3) is 0.481. The van der Waals surface area contributed by atoms with E-state index in [2.05, 4.69) is 42.6 Å². The van der Waals surface area contributed by atoms with Crippen LogP contribution in [0.2, 0.25) is 0 Å². The highest BCUT2D eigenvalue weighted by atomic mass is 16.2. The largest absolute Gasteiger partial charge is 0.352 e. The number of nitrogens with zero attached hydrogens (tertiary/aromatic N) is 1. The fourth-order valence-corrected chi connectivity index (χ4v) is 4.51. The summed E-state index contributed by atoms with van der Waals surface area (Å²) in [6, 6.07) is 14.1. The van der Waals surface area contributed by atoms with Crippen molar-refractivity contribution in [1.29, 1.82) is 0 Å². The molecule has 1 aliphatic rings. The molecule has 0 aliphatic heterocycles. The van der Waals surface area contributed by atoms with Crippen molar-refractivity contribution in [3.63, 3.8) is 0 Å². The third-order valence-electron chi connectivity index (χ3n) is 6.54. The molecule has 1 N–H and O–H groups in total. The van der Waals surface area contributed by atoms with E-state index in [-0.39, 0.29) is 17.9 Å². The van der Waals surface area contributed by atoms with Crippen molar-refractivity contribution in [3.05, 3.63) is 70.3 Å². The van der Waals surface area contributed by atoms with E-state index < -0.39 is 6.04 Å². The SMILES string of the molecule is CC[C@H](C(=O)NC1CCCC1)N(Cc1ccccc1C)C(=O)Cc1cc(C)ccc1C. The van der Waals surface area contributed by atoms with Crippen molar-refractivity contribution in [2.75, 3.05) is 0 Å². The Morgan fingerprint density at radius 2 is 1.68 bits per heavy atom. The van der Waals surface area contributed by atoms with Gasteiger partial charge in [-0.1, -0.05) is 67.8 Å². The van der Waals surface area contributed by atoms with Gasteiger partial charge in [-0.2, -0.15) is 0 Å². The minimum atomic E-state index is -0.460. The Kier molecular flexibility index (Phi) is 7.89. The molecule has 3 rings (SSSR count). The van der Waals surface area contributed by atoms with Crippen LogP contribution >= 0.6 is 0 Å². The van der Waals surface area contributed by atoms with Crippen molar-refractivity contribution in [2.45, 2.75) is 84.8 Å². The van der Waals surface area contributed by atoms with Gasteiger partial charge in [-0.05, 0) is 62.3 Å². The Balaban J connectivity index is 1.86. The minimum absolute atomic E-state index is 0.00498. The quantitative estimate of drug-likeness (QED) is 0.652. The van der Waals surface area contributed by atoms with E-state index in [1.807, 2.05) is 32.9 Å². The first-order valence-corrected chi connectivity index (χ1v) is 11.6. The first-order valence-electron chi connectivity index (χ1n) is 11.6. The predicted octanol–water partition coefficient (Wildman–Crippen LogP) is 5.02. The van der Waals surface area contributed by atoms with Crippen molar-refractivity contribution < 1.29 is 9.59 Å². The normalized spacial score (nSPS) is 15.0. The van der Waals surface area contributed by atoms with Gasteiger partial charge in [0.1, 0.15) is 6.04 Å². The lowest BCUT2D eigenvalue weighted by molar-refractivity contribution is -0.141. The summed E-state index contributed by atoms with van der Waals surface area (Å²) in [4.78, 5) is 28.6. The van der Waals surface area contributed by atoms with Gasteiger partial charge in [0.2, 0.25) is 11.8 Å². The topological polar surface area (TPSA) is 49.4 Å². The summed E-state index contributed by atoms with van der Waals surface area (Å²) >= 11 is 0. The molecule has 0 bridgehead atoms.